The Bertz CT molecular complexity index is 857. The first-order valence-corrected chi connectivity index (χ1v) is 8.61. The molecule has 0 amide bonds. The molecule has 2 rings (SSSR count). The fourth-order valence-corrected chi connectivity index (χ4v) is 2.91. The normalized spacial score (nSPS) is 11.2. The molecule has 5 nitrogen and oxygen atoms in total. The highest BCUT2D eigenvalue weighted by molar-refractivity contribution is 6.30. The summed E-state index contributed by atoms with van der Waals surface area (Å²) in [5.41, 5.74) is 2.51. The summed E-state index contributed by atoms with van der Waals surface area (Å²) in [6.45, 7) is 7.66. The zero-order valence-corrected chi connectivity index (χ0v) is 15.8. The molecule has 2 aromatic carbocycles. The number of nitrogens with one attached hydrogen (secondary N) is 1. The second kappa shape index (κ2) is 9.65. The van der Waals surface area contributed by atoms with Gasteiger partial charge in [-0.2, -0.15) is 5.26 Å². The maximum absolute atomic E-state index is 12.5. The number of hydrogen-bond donors (Lipinski definition) is 1. The van der Waals surface area contributed by atoms with Gasteiger partial charge < -0.3 is 14.8 Å². The number of carbonyl (C=O) groups is 1. The Morgan fingerprint density at radius 2 is 2.07 bits per heavy atom. The van der Waals surface area contributed by atoms with Crippen LogP contribution in [0.4, 0.5) is 5.69 Å². The van der Waals surface area contributed by atoms with Crippen LogP contribution in [0, 0.1) is 18.3 Å². The molecule has 1 N–H and O–H groups in total. The first kappa shape index (κ1) is 20.3. The molecule has 0 saturated heterocycles. The van der Waals surface area contributed by atoms with Crippen molar-refractivity contribution in [3.05, 3.63) is 77.7 Å². The van der Waals surface area contributed by atoms with Crippen molar-refractivity contribution >= 4 is 23.3 Å². The number of ether oxygens (including phenoxy) is 2. The highest BCUT2D eigenvalue weighted by Gasteiger charge is 2.27. The topological polar surface area (TPSA) is 71.3 Å². The van der Waals surface area contributed by atoms with Gasteiger partial charge in [-0.15, -0.1) is 6.58 Å². The van der Waals surface area contributed by atoms with E-state index >= 15 is 0 Å². The van der Waals surface area contributed by atoms with Gasteiger partial charge in [0.15, 0.2) is 6.04 Å². The van der Waals surface area contributed by atoms with Crippen molar-refractivity contribution in [3.63, 3.8) is 0 Å². The standard InChI is InChI=1S/C21H20ClN2O3/c1-4-6-15-11-16(22)12-18(20(15)27-5-2)19(21(25)26-3)24-17-9-7-14(13-23)8-10-17/h4,7-12,19,24H,1-2,5-6H2,3H3. The van der Waals surface area contributed by atoms with Crippen LogP contribution in [0.5, 0.6) is 5.75 Å². The number of benzene rings is 2. The number of nitrogens with zero attached hydrogens (tertiary/aromatic N) is 1. The van der Waals surface area contributed by atoms with Gasteiger partial charge in [-0.3, -0.25) is 0 Å². The number of anilines is 1. The molecule has 0 saturated carbocycles. The SMILES string of the molecule is [CH2]COc1c(CC=C)cc(Cl)cc1C(Nc1ccc(C#N)cc1)C(=O)OC. The third kappa shape index (κ3) is 5.02. The minimum absolute atomic E-state index is 0.184. The predicted molar refractivity (Wildman–Crippen MR) is 106 cm³/mol. The first-order chi connectivity index (χ1) is 13.0. The molecule has 1 radical (unpaired) electrons. The summed E-state index contributed by atoms with van der Waals surface area (Å²) >= 11 is 6.27. The predicted octanol–water partition coefficient (Wildman–Crippen LogP) is 4.48. The van der Waals surface area contributed by atoms with Crippen molar-refractivity contribution in [1.29, 1.82) is 5.26 Å². The molecule has 0 aliphatic heterocycles. The summed E-state index contributed by atoms with van der Waals surface area (Å²) < 4.78 is 10.7. The highest BCUT2D eigenvalue weighted by atomic mass is 35.5. The molecule has 0 fully saturated rings. The molecular formula is C21H20ClN2O3. The van der Waals surface area contributed by atoms with E-state index in [2.05, 4.69) is 24.9 Å². The molecule has 0 aromatic heterocycles. The lowest BCUT2D eigenvalue weighted by molar-refractivity contribution is -0.141. The van der Waals surface area contributed by atoms with Gasteiger partial charge in [-0.05, 0) is 55.3 Å². The zero-order chi connectivity index (χ0) is 19.8. The van der Waals surface area contributed by atoms with Crippen molar-refractivity contribution in [2.24, 2.45) is 0 Å². The molecule has 0 aliphatic rings. The van der Waals surface area contributed by atoms with Gasteiger partial charge in [0.05, 0.1) is 25.3 Å². The number of hydrogen-bond acceptors (Lipinski definition) is 5. The van der Waals surface area contributed by atoms with Crippen LogP contribution in [0.15, 0.2) is 49.1 Å². The molecule has 1 unspecified atom stereocenters. The average molecular weight is 384 g/mol. The fraction of sp³-hybridized carbons (Fsp3) is 0.190. The van der Waals surface area contributed by atoms with E-state index in [0.29, 0.717) is 34.0 Å². The lowest BCUT2D eigenvalue weighted by Crippen LogP contribution is -2.23. The number of esters is 1. The second-order valence-corrected chi connectivity index (χ2v) is 6.05. The molecule has 27 heavy (non-hydrogen) atoms. The Kier molecular flexibility index (Phi) is 7.27. The summed E-state index contributed by atoms with van der Waals surface area (Å²) in [4.78, 5) is 12.5. The number of rotatable bonds is 8. The van der Waals surface area contributed by atoms with E-state index < -0.39 is 12.0 Å². The van der Waals surface area contributed by atoms with Crippen molar-refractivity contribution < 1.29 is 14.3 Å². The summed E-state index contributed by atoms with van der Waals surface area (Å²) in [7, 11) is 1.31. The van der Waals surface area contributed by atoms with Crippen LogP contribution in [-0.2, 0) is 16.0 Å². The van der Waals surface area contributed by atoms with E-state index in [4.69, 9.17) is 26.3 Å². The third-order valence-electron chi connectivity index (χ3n) is 3.84. The van der Waals surface area contributed by atoms with Crippen LogP contribution in [-0.4, -0.2) is 19.7 Å². The second-order valence-electron chi connectivity index (χ2n) is 5.61. The van der Waals surface area contributed by atoms with Crippen LogP contribution in [0.3, 0.4) is 0 Å². The molecule has 139 valence electrons. The van der Waals surface area contributed by atoms with Crippen molar-refractivity contribution in [1.82, 2.24) is 0 Å². The smallest absolute Gasteiger partial charge is 0.333 e. The Morgan fingerprint density at radius 1 is 1.37 bits per heavy atom. The molecule has 0 spiro atoms. The van der Waals surface area contributed by atoms with Crippen LogP contribution in [0.25, 0.3) is 0 Å². The average Bonchev–Trinajstić information content (AvgIpc) is 2.68. The van der Waals surface area contributed by atoms with E-state index in [9.17, 15) is 4.79 Å². The van der Waals surface area contributed by atoms with Gasteiger partial charge in [-0.25, -0.2) is 4.79 Å². The van der Waals surface area contributed by atoms with E-state index in [1.807, 2.05) is 0 Å². The Hall–Kier alpha value is -2.97. The zero-order valence-electron chi connectivity index (χ0n) is 15.0. The van der Waals surface area contributed by atoms with Gasteiger partial charge >= 0.3 is 5.97 Å². The summed E-state index contributed by atoms with van der Waals surface area (Å²) in [6, 6.07) is 11.4. The Morgan fingerprint density at radius 3 is 2.63 bits per heavy atom. The van der Waals surface area contributed by atoms with Crippen LogP contribution >= 0.6 is 11.6 Å². The summed E-state index contributed by atoms with van der Waals surface area (Å²) in [6.07, 6.45) is 2.25. The van der Waals surface area contributed by atoms with Crippen LogP contribution < -0.4 is 10.1 Å². The van der Waals surface area contributed by atoms with E-state index in [-0.39, 0.29) is 6.61 Å². The first-order valence-electron chi connectivity index (χ1n) is 8.23. The Balaban J connectivity index is 2.53. The van der Waals surface area contributed by atoms with Crippen molar-refractivity contribution in [3.8, 4) is 11.8 Å². The van der Waals surface area contributed by atoms with Crippen LogP contribution in [0.2, 0.25) is 5.02 Å². The molecule has 1 atom stereocenters. The molecule has 0 bridgehead atoms. The minimum atomic E-state index is -0.855. The summed E-state index contributed by atoms with van der Waals surface area (Å²) in [5, 5.41) is 12.5. The number of halogens is 1. The Labute approximate surface area is 164 Å². The maximum Gasteiger partial charge on any atom is 0.333 e. The van der Waals surface area contributed by atoms with Crippen molar-refractivity contribution in [2.45, 2.75) is 12.5 Å². The fourth-order valence-electron chi connectivity index (χ4n) is 2.66. The number of methoxy groups -OCH3 is 1. The van der Waals surface area contributed by atoms with Gasteiger partial charge in [0.25, 0.3) is 0 Å². The quantitative estimate of drug-likeness (QED) is 0.537. The number of allylic oxidation sites excluding steroid dienone is 1. The van der Waals surface area contributed by atoms with E-state index in [0.717, 1.165) is 5.56 Å². The highest BCUT2D eigenvalue weighted by Crippen LogP contribution is 2.35. The number of carbonyl (C=O) groups excluding carboxylic acids is 1. The third-order valence-corrected chi connectivity index (χ3v) is 4.06. The molecule has 0 aliphatic carbocycles. The van der Waals surface area contributed by atoms with Gasteiger partial charge in [0.1, 0.15) is 5.75 Å². The summed E-state index contributed by atoms with van der Waals surface area (Å²) in [5.74, 6) is 0.0194. The van der Waals surface area contributed by atoms with E-state index in [1.165, 1.54) is 7.11 Å². The molecular weight excluding hydrogens is 364 g/mol. The van der Waals surface area contributed by atoms with Gasteiger partial charge in [-0.1, -0.05) is 17.7 Å². The van der Waals surface area contributed by atoms with Gasteiger partial charge in [0.2, 0.25) is 0 Å². The molecule has 2 aromatic rings. The molecule has 0 heterocycles. The van der Waals surface area contributed by atoms with Crippen molar-refractivity contribution in [2.75, 3.05) is 19.0 Å². The van der Waals surface area contributed by atoms with Gasteiger partial charge in [0, 0.05) is 16.3 Å². The number of nitriles is 1. The van der Waals surface area contributed by atoms with Crippen LogP contribution in [0.1, 0.15) is 22.7 Å². The minimum Gasteiger partial charge on any atom is -0.493 e. The largest absolute Gasteiger partial charge is 0.493 e. The lowest BCUT2D eigenvalue weighted by Gasteiger charge is -2.23. The monoisotopic (exact) mass is 383 g/mol. The maximum atomic E-state index is 12.5. The molecule has 6 heteroatoms. The lowest BCUT2D eigenvalue weighted by atomic mass is 9.99. The van der Waals surface area contributed by atoms with E-state index in [1.54, 1.807) is 42.5 Å².